The van der Waals surface area contributed by atoms with Crippen molar-refractivity contribution in [1.29, 1.82) is 0 Å². The van der Waals surface area contributed by atoms with Crippen LogP contribution in [0.4, 0.5) is 0 Å². The first-order valence-corrected chi connectivity index (χ1v) is 7.33. The van der Waals surface area contributed by atoms with Gasteiger partial charge in [-0.2, -0.15) is 0 Å². The van der Waals surface area contributed by atoms with Gasteiger partial charge in [-0.05, 0) is 31.9 Å². The van der Waals surface area contributed by atoms with Crippen molar-refractivity contribution in [1.82, 2.24) is 5.32 Å². The lowest BCUT2D eigenvalue weighted by atomic mass is 10.1. The van der Waals surface area contributed by atoms with Crippen LogP contribution in [0.5, 0.6) is 0 Å². The van der Waals surface area contributed by atoms with E-state index in [0.29, 0.717) is 17.5 Å². The van der Waals surface area contributed by atoms with Crippen molar-refractivity contribution >= 4 is 5.91 Å². The van der Waals surface area contributed by atoms with Crippen molar-refractivity contribution in [2.75, 3.05) is 13.2 Å². The molecule has 0 saturated carbocycles. The molecule has 0 aliphatic carbocycles. The van der Waals surface area contributed by atoms with E-state index in [0.717, 1.165) is 19.4 Å². The minimum absolute atomic E-state index is 0.0153. The summed E-state index contributed by atoms with van der Waals surface area (Å²) >= 11 is 0. The Labute approximate surface area is 125 Å². The van der Waals surface area contributed by atoms with Gasteiger partial charge in [-0.1, -0.05) is 24.0 Å². The Hall–Kier alpha value is -1.83. The summed E-state index contributed by atoms with van der Waals surface area (Å²) in [6, 6.07) is 7.24. The number of amides is 1. The maximum atomic E-state index is 12.4. The highest BCUT2D eigenvalue weighted by molar-refractivity contribution is 5.96. The Kier molecular flexibility index (Phi) is 5.79. The van der Waals surface area contributed by atoms with Crippen LogP contribution in [0.25, 0.3) is 0 Å². The van der Waals surface area contributed by atoms with E-state index in [2.05, 4.69) is 17.2 Å². The second-order valence-electron chi connectivity index (χ2n) is 5.13. The third kappa shape index (κ3) is 4.32. The molecule has 1 aliphatic heterocycles. The van der Waals surface area contributed by atoms with Crippen LogP contribution >= 0.6 is 0 Å². The molecule has 2 atom stereocenters. The Morgan fingerprint density at radius 1 is 1.52 bits per heavy atom. The maximum Gasteiger partial charge on any atom is 0.252 e. The Morgan fingerprint density at radius 3 is 3.05 bits per heavy atom. The van der Waals surface area contributed by atoms with Crippen LogP contribution < -0.4 is 5.32 Å². The number of aliphatic hydroxyl groups excluding tert-OH is 1. The van der Waals surface area contributed by atoms with E-state index in [9.17, 15) is 4.79 Å². The molecule has 1 amide bonds. The zero-order chi connectivity index (χ0) is 15.1. The molecular weight excluding hydrogens is 266 g/mol. The van der Waals surface area contributed by atoms with E-state index in [1.165, 1.54) is 0 Å². The fraction of sp³-hybridized carbons (Fsp3) is 0.471. The van der Waals surface area contributed by atoms with E-state index in [-0.39, 0.29) is 24.7 Å². The van der Waals surface area contributed by atoms with Gasteiger partial charge in [0.2, 0.25) is 0 Å². The number of hydrogen-bond donors (Lipinski definition) is 2. The van der Waals surface area contributed by atoms with Gasteiger partial charge in [0.1, 0.15) is 0 Å². The van der Waals surface area contributed by atoms with Gasteiger partial charge in [-0.3, -0.25) is 4.79 Å². The number of carbonyl (C=O) groups excluding carboxylic acids is 1. The Morgan fingerprint density at radius 2 is 2.33 bits per heavy atom. The monoisotopic (exact) mass is 287 g/mol. The molecule has 1 aromatic rings. The van der Waals surface area contributed by atoms with Crippen molar-refractivity contribution in [3.8, 4) is 11.8 Å². The summed E-state index contributed by atoms with van der Waals surface area (Å²) in [6.45, 7) is 2.76. The minimum atomic E-state index is -0.133. The first-order valence-electron chi connectivity index (χ1n) is 7.33. The normalized spacial score (nSPS) is 18.7. The van der Waals surface area contributed by atoms with Gasteiger partial charge in [-0.15, -0.1) is 0 Å². The van der Waals surface area contributed by atoms with E-state index in [4.69, 9.17) is 9.84 Å². The number of hydrogen-bond acceptors (Lipinski definition) is 3. The largest absolute Gasteiger partial charge is 0.395 e. The molecule has 112 valence electrons. The van der Waals surface area contributed by atoms with Gasteiger partial charge in [0.15, 0.2) is 0 Å². The van der Waals surface area contributed by atoms with Crippen LogP contribution in [-0.4, -0.2) is 36.4 Å². The number of benzene rings is 1. The molecule has 1 fully saturated rings. The summed E-state index contributed by atoms with van der Waals surface area (Å²) in [4.78, 5) is 12.4. The fourth-order valence-corrected chi connectivity index (χ4v) is 2.38. The first kappa shape index (κ1) is 15.6. The second kappa shape index (κ2) is 7.82. The lowest BCUT2D eigenvalue weighted by Crippen LogP contribution is -2.41. The van der Waals surface area contributed by atoms with Crippen LogP contribution in [0.1, 0.15) is 42.1 Å². The fourth-order valence-electron chi connectivity index (χ4n) is 2.38. The van der Waals surface area contributed by atoms with Crippen LogP contribution in [0.2, 0.25) is 0 Å². The summed E-state index contributed by atoms with van der Waals surface area (Å²) in [6.07, 6.45) is 2.54. The second-order valence-corrected chi connectivity index (χ2v) is 5.13. The third-order valence-corrected chi connectivity index (χ3v) is 3.51. The minimum Gasteiger partial charge on any atom is -0.395 e. The zero-order valence-electron chi connectivity index (χ0n) is 12.3. The average molecular weight is 287 g/mol. The molecule has 2 rings (SSSR count). The number of rotatable bonds is 4. The summed E-state index contributed by atoms with van der Waals surface area (Å²) < 4.78 is 5.59. The molecule has 4 nitrogen and oxygen atoms in total. The molecule has 21 heavy (non-hydrogen) atoms. The van der Waals surface area contributed by atoms with Crippen LogP contribution in [0.3, 0.4) is 0 Å². The van der Waals surface area contributed by atoms with Crippen LogP contribution in [0.15, 0.2) is 24.3 Å². The molecule has 1 saturated heterocycles. The zero-order valence-corrected chi connectivity index (χ0v) is 12.3. The summed E-state index contributed by atoms with van der Waals surface area (Å²) in [5.74, 6) is 5.65. The lowest BCUT2D eigenvalue weighted by Gasteiger charge is -2.20. The molecule has 1 heterocycles. The van der Waals surface area contributed by atoms with E-state index >= 15 is 0 Å². The molecule has 1 aliphatic rings. The smallest absolute Gasteiger partial charge is 0.252 e. The summed E-state index contributed by atoms with van der Waals surface area (Å²) in [5.41, 5.74) is 1.25. The van der Waals surface area contributed by atoms with Crippen molar-refractivity contribution in [3.63, 3.8) is 0 Å². The standard InChI is InChI=1S/C17H21NO3/c1-13(16-10-6-12-21-16)18-17(20)15-9-3-2-7-14(15)8-4-5-11-19/h2-3,7,9,13,16,19H,5-6,10-12H2,1H3,(H,18,20). The predicted octanol–water partition coefficient (Wildman–Crippen LogP) is 1.72. The van der Waals surface area contributed by atoms with Crippen molar-refractivity contribution in [2.24, 2.45) is 0 Å². The van der Waals surface area contributed by atoms with Crippen molar-refractivity contribution in [3.05, 3.63) is 35.4 Å². The number of carbonyl (C=O) groups is 1. The topological polar surface area (TPSA) is 58.6 Å². The SMILES string of the molecule is CC(NC(=O)c1ccccc1C#CCCO)C1CCCO1. The van der Waals surface area contributed by atoms with Gasteiger partial charge in [-0.25, -0.2) is 0 Å². The first-order chi connectivity index (χ1) is 10.2. The highest BCUT2D eigenvalue weighted by atomic mass is 16.5. The number of nitrogens with one attached hydrogen (secondary N) is 1. The van der Waals surface area contributed by atoms with E-state index in [1.54, 1.807) is 6.07 Å². The van der Waals surface area contributed by atoms with Crippen LogP contribution in [-0.2, 0) is 4.74 Å². The molecule has 2 unspecified atom stereocenters. The van der Waals surface area contributed by atoms with Crippen LogP contribution in [0, 0.1) is 11.8 Å². The van der Waals surface area contributed by atoms with E-state index in [1.807, 2.05) is 25.1 Å². The maximum absolute atomic E-state index is 12.4. The van der Waals surface area contributed by atoms with Gasteiger partial charge in [0.05, 0.1) is 24.3 Å². The molecule has 2 N–H and O–H groups in total. The van der Waals surface area contributed by atoms with Gasteiger partial charge in [0.25, 0.3) is 5.91 Å². The highest BCUT2D eigenvalue weighted by Gasteiger charge is 2.24. The molecule has 0 bridgehead atoms. The van der Waals surface area contributed by atoms with Gasteiger partial charge in [0, 0.05) is 18.6 Å². The lowest BCUT2D eigenvalue weighted by molar-refractivity contribution is 0.0712. The molecule has 0 spiro atoms. The summed E-state index contributed by atoms with van der Waals surface area (Å²) in [5, 5.41) is 11.8. The molecule has 0 radical (unpaired) electrons. The number of aliphatic hydroxyl groups is 1. The molecule has 4 heteroatoms. The summed E-state index contributed by atoms with van der Waals surface area (Å²) in [7, 11) is 0. The van der Waals surface area contributed by atoms with Crippen molar-refractivity contribution in [2.45, 2.75) is 38.3 Å². The average Bonchev–Trinajstić information content (AvgIpc) is 3.02. The Bertz CT molecular complexity index is 538. The molecule has 0 aromatic heterocycles. The number of ether oxygens (including phenoxy) is 1. The van der Waals surface area contributed by atoms with Gasteiger partial charge < -0.3 is 15.2 Å². The van der Waals surface area contributed by atoms with Crippen molar-refractivity contribution < 1.29 is 14.6 Å². The van der Waals surface area contributed by atoms with E-state index < -0.39 is 0 Å². The van der Waals surface area contributed by atoms with Gasteiger partial charge >= 0.3 is 0 Å². The third-order valence-electron chi connectivity index (χ3n) is 3.51. The quantitative estimate of drug-likeness (QED) is 0.829. The molecular formula is C17H21NO3. The highest BCUT2D eigenvalue weighted by Crippen LogP contribution is 2.16. The Balaban J connectivity index is 2.06. The predicted molar refractivity (Wildman–Crippen MR) is 80.9 cm³/mol. The molecule has 1 aromatic carbocycles.